The summed E-state index contributed by atoms with van der Waals surface area (Å²) < 4.78 is 0. The van der Waals surface area contributed by atoms with Crippen LogP contribution in [0.25, 0.3) is 5.57 Å². The highest BCUT2D eigenvalue weighted by Gasteiger charge is 1.99. The van der Waals surface area contributed by atoms with E-state index < -0.39 is 0 Å². The Morgan fingerprint density at radius 2 is 1.84 bits per heavy atom. The van der Waals surface area contributed by atoms with Crippen molar-refractivity contribution in [3.63, 3.8) is 0 Å². The second-order valence-electron chi connectivity index (χ2n) is 5.16. The Morgan fingerprint density at radius 3 is 2.53 bits per heavy atom. The van der Waals surface area contributed by atoms with Gasteiger partial charge in [0.05, 0.1) is 0 Å². The predicted molar refractivity (Wildman–Crippen MR) is 85.4 cm³/mol. The molecule has 0 bridgehead atoms. The van der Waals surface area contributed by atoms with E-state index in [-0.39, 0.29) is 0 Å². The zero-order chi connectivity index (χ0) is 13.9. The zero-order valence-electron chi connectivity index (χ0n) is 12.5. The number of benzene rings is 1. The number of unbranched alkanes of at least 4 members (excludes halogenated alkanes) is 1. The monoisotopic (exact) mass is 260 g/mol. The third kappa shape index (κ3) is 7.14. The molecule has 1 N–H and O–H groups in total. The van der Waals surface area contributed by atoms with Gasteiger partial charge in [-0.3, -0.25) is 0 Å². The van der Waals surface area contributed by atoms with Crippen LogP contribution < -0.4 is 5.32 Å². The molecule has 2 heteroatoms. The van der Waals surface area contributed by atoms with E-state index in [2.05, 4.69) is 55.0 Å². The Labute approximate surface area is 118 Å². The fourth-order valence-corrected chi connectivity index (χ4v) is 2.03. The van der Waals surface area contributed by atoms with Crippen molar-refractivity contribution in [2.75, 3.05) is 33.2 Å². The summed E-state index contributed by atoms with van der Waals surface area (Å²) in [6, 6.07) is 10.4. The molecule has 1 aromatic rings. The largest absolute Gasteiger partial charge is 0.313 e. The summed E-state index contributed by atoms with van der Waals surface area (Å²) >= 11 is 0. The lowest BCUT2D eigenvalue weighted by molar-refractivity contribution is 0.322. The van der Waals surface area contributed by atoms with Gasteiger partial charge in [-0.1, -0.05) is 50.3 Å². The lowest BCUT2D eigenvalue weighted by Crippen LogP contribution is -2.25. The van der Waals surface area contributed by atoms with Gasteiger partial charge in [0.25, 0.3) is 0 Å². The Kier molecular flexibility index (Phi) is 8.19. The van der Waals surface area contributed by atoms with Crippen LogP contribution in [0, 0.1) is 0 Å². The minimum atomic E-state index is 0.878. The fourth-order valence-electron chi connectivity index (χ4n) is 2.03. The van der Waals surface area contributed by atoms with Crippen LogP contribution in [-0.2, 0) is 0 Å². The highest BCUT2D eigenvalue weighted by atomic mass is 15.1. The van der Waals surface area contributed by atoms with Crippen LogP contribution in [0.2, 0.25) is 0 Å². The quantitative estimate of drug-likeness (QED) is 0.649. The van der Waals surface area contributed by atoms with Gasteiger partial charge in [0, 0.05) is 6.54 Å². The molecular weight excluding hydrogens is 232 g/mol. The van der Waals surface area contributed by atoms with E-state index in [4.69, 9.17) is 0 Å². The van der Waals surface area contributed by atoms with Gasteiger partial charge in [-0.2, -0.15) is 0 Å². The number of hydrogen-bond acceptors (Lipinski definition) is 2. The summed E-state index contributed by atoms with van der Waals surface area (Å²) in [6.07, 6.45) is 3.77. The molecule has 0 aliphatic rings. The van der Waals surface area contributed by atoms with Gasteiger partial charge in [-0.15, -0.1) is 0 Å². The van der Waals surface area contributed by atoms with Crippen molar-refractivity contribution in [3.8, 4) is 0 Å². The third-order valence-electron chi connectivity index (χ3n) is 3.31. The molecule has 0 unspecified atom stereocenters. The Morgan fingerprint density at radius 1 is 1.16 bits per heavy atom. The van der Waals surface area contributed by atoms with Crippen LogP contribution in [-0.4, -0.2) is 38.1 Å². The first-order chi connectivity index (χ1) is 9.24. The standard InChI is InChI=1S/C17H28N2/c1-4-5-13-19(3)14-9-12-18-15-16(2)17-10-7-6-8-11-17/h6-8,10-11,18H,2,4-5,9,12-15H2,1,3H3. The van der Waals surface area contributed by atoms with E-state index >= 15 is 0 Å². The predicted octanol–water partition coefficient (Wildman–Crippen LogP) is 3.41. The molecule has 0 radical (unpaired) electrons. The van der Waals surface area contributed by atoms with Crippen LogP contribution in [0.4, 0.5) is 0 Å². The number of hydrogen-bond donors (Lipinski definition) is 1. The van der Waals surface area contributed by atoms with E-state index in [9.17, 15) is 0 Å². The average molecular weight is 260 g/mol. The van der Waals surface area contributed by atoms with Crippen molar-refractivity contribution in [1.82, 2.24) is 10.2 Å². The summed E-state index contributed by atoms with van der Waals surface area (Å²) in [5.74, 6) is 0. The molecule has 0 aliphatic heterocycles. The molecule has 0 fully saturated rings. The molecule has 0 aliphatic carbocycles. The van der Waals surface area contributed by atoms with Crippen molar-refractivity contribution in [2.45, 2.75) is 26.2 Å². The van der Waals surface area contributed by atoms with E-state index in [1.807, 2.05) is 6.07 Å². The van der Waals surface area contributed by atoms with Crippen molar-refractivity contribution in [1.29, 1.82) is 0 Å². The lowest BCUT2D eigenvalue weighted by atomic mass is 10.1. The second-order valence-corrected chi connectivity index (χ2v) is 5.16. The van der Waals surface area contributed by atoms with E-state index in [0.29, 0.717) is 0 Å². The smallest absolute Gasteiger partial charge is 0.0205 e. The van der Waals surface area contributed by atoms with E-state index in [0.717, 1.165) is 13.1 Å². The van der Waals surface area contributed by atoms with Gasteiger partial charge in [-0.05, 0) is 50.7 Å². The molecule has 1 rings (SSSR count). The van der Waals surface area contributed by atoms with Gasteiger partial charge in [0.2, 0.25) is 0 Å². The van der Waals surface area contributed by atoms with Gasteiger partial charge in [0.1, 0.15) is 0 Å². The number of rotatable bonds is 10. The maximum Gasteiger partial charge on any atom is 0.0205 e. The first kappa shape index (κ1) is 15.9. The van der Waals surface area contributed by atoms with Crippen LogP contribution in [0.1, 0.15) is 31.7 Å². The minimum absolute atomic E-state index is 0.878. The number of nitrogens with one attached hydrogen (secondary N) is 1. The van der Waals surface area contributed by atoms with Crippen molar-refractivity contribution in [3.05, 3.63) is 42.5 Å². The summed E-state index contributed by atoms with van der Waals surface area (Å²) in [4.78, 5) is 2.41. The van der Waals surface area contributed by atoms with Gasteiger partial charge in [0.15, 0.2) is 0 Å². The van der Waals surface area contributed by atoms with Crippen LogP contribution in [0.15, 0.2) is 36.9 Å². The molecule has 0 amide bonds. The van der Waals surface area contributed by atoms with Gasteiger partial charge in [-0.25, -0.2) is 0 Å². The summed E-state index contributed by atoms with van der Waals surface area (Å²) in [5.41, 5.74) is 2.40. The van der Waals surface area contributed by atoms with Crippen molar-refractivity contribution < 1.29 is 0 Å². The van der Waals surface area contributed by atoms with Crippen LogP contribution in [0.5, 0.6) is 0 Å². The maximum absolute atomic E-state index is 4.13. The first-order valence-electron chi connectivity index (χ1n) is 7.36. The van der Waals surface area contributed by atoms with E-state index in [1.165, 1.54) is 43.5 Å². The molecule has 0 spiro atoms. The molecule has 0 atom stereocenters. The highest BCUT2D eigenvalue weighted by Crippen LogP contribution is 2.09. The Hall–Kier alpha value is -1.12. The maximum atomic E-state index is 4.13. The molecule has 106 valence electrons. The molecule has 0 heterocycles. The van der Waals surface area contributed by atoms with Crippen LogP contribution >= 0.6 is 0 Å². The van der Waals surface area contributed by atoms with Crippen molar-refractivity contribution in [2.24, 2.45) is 0 Å². The first-order valence-corrected chi connectivity index (χ1v) is 7.36. The molecule has 0 saturated carbocycles. The average Bonchev–Trinajstić information content (AvgIpc) is 2.45. The molecular formula is C17H28N2. The SMILES string of the molecule is C=C(CNCCCN(C)CCCC)c1ccccc1. The minimum Gasteiger partial charge on any atom is -0.313 e. The third-order valence-corrected chi connectivity index (χ3v) is 3.31. The topological polar surface area (TPSA) is 15.3 Å². The Balaban J connectivity index is 2.06. The Bertz CT molecular complexity index is 346. The second kappa shape index (κ2) is 9.76. The summed E-state index contributed by atoms with van der Waals surface area (Å²) in [5, 5.41) is 3.47. The molecule has 2 nitrogen and oxygen atoms in total. The normalized spacial score (nSPS) is 10.9. The summed E-state index contributed by atoms with van der Waals surface area (Å²) in [6.45, 7) is 10.7. The van der Waals surface area contributed by atoms with Crippen LogP contribution in [0.3, 0.4) is 0 Å². The summed E-state index contributed by atoms with van der Waals surface area (Å²) in [7, 11) is 2.21. The van der Waals surface area contributed by atoms with Gasteiger partial charge < -0.3 is 10.2 Å². The number of nitrogens with zero attached hydrogens (tertiary/aromatic N) is 1. The lowest BCUT2D eigenvalue weighted by Gasteiger charge is -2.16. The van der Waals surface area contributed by atoms with Crippen molar-refractivity contribution >= 4 is 5.57 Å². The zero-order valence-corrected chi connectivity index (χ0v) is 12.5. The fraction of sp³-hybridized carbons (Fsp3) is 0.529. The van der Waals surface area contributed by atoms with Gasteiger partial charge >= 0.3 is 0 Å². The molecule has 0 aromatic heterocycles. The van der Waals surface area contributed by atoms with E-state index in [1.54, 1.807) is 0 Å². The molecule has 1 aromatic carbocycles. The molecule has 19 heavy (non-hydrogen) atoms. The highest BCUT2D eigenvalue weighted by molar-refractivity contribution is 5.64. The molecule has 0 saturated heterocycles.